The molecule has 0 fully saturated rings. The summed E-state index contributed by atoms with van der Waals surface area (Å²) >= 11 is 0. The van der Waals surface area contributed by atoms with Crippen LogP contribution in [0.2, 0.25) is 0 Å². The summed E-state index contributed by atoms with van der Waals surface area (Å²) in [5, 5.41) is 2.61. The van der Waals surface area contributed by atoms with Gasteiger partial charge in [-0.1, -0.05) is 0 Å². The van der Waals surface area contributed by atoms with Crippen LogP contribution in [0.4, 0.5) is 10.1 Å². The van der Waals surface area contributed by atoms with Crippen LogP contribution in [0.15, 0.2) is 18.2 Å². The Hall–Kier alpha value is -1.58. The molecule has 1 rings (SSSR count). The first-order chi connectivity index (χ1) is 5.65. The zero-order chi connectivity index (χ0) is 9.14. The lowest BCUT2D eigenvalue weighted by atomic mass is 10.2. The van der Waals surface area contributed by atoms with Crippen molar-refractivity contribution in [2.24, 2.45) is 5.73 Å². The number of amides is 1. The van der Waals surface area contributed by atoms with Crippen molar-refractivity contribution in [1.29, 1.82) is 0 Å². The molecule has 0 aliphatic rings. The highest BCUT2D eigenvalue weighted by Gasteiger charge is 2.04. The van der Waals surface area contributed by atoms with Gasteiger partial charge in [0.25, 0.3) is 0 Å². The van der Waals surface area contributed by atoms with E-state index in [0.29, 0.717) is 5.56 Å². The minimum absolute atomic E-state index is 0.270. The highest BCUT2D eigenvalue weighted by molar-refractivity contribution is 5.93. The summed E-state index contributed by atoms with van der Waals surface area (Å²) in [5.74, 6) is -0.964. The number of carbonyl (C=O) groups excluding carboxylic acids is 1. The quantitative estimate of drug-likeness (QED) is 0.691. The molecule has 0 aliphatic heterocycles. The summed E-state index contributed by atoms with van der Waals surface area (Å²) in [6, 6.07) is 3.92. The molecule has 1 aromatic carbocycles. The van der Waals surface area contributed by atoms with Crippen LogP contribution in [-0.2, 0) is 0 Å². The summed E-state index contributed by atoms with van der Waals surface area (Å²) in [7, 11) is 1.57. The van der Waals surface area contributed by atoms with Gasteiger partial charge in [0.2, 0.25) is 5.91 Å². The molecule has 0 unspecified atom stereocenters. The Bertz CT molecular complexity index is 312. The normalized spacial score (nSPS) is 9.50. The second kappa shape index (κ2) is 3.21. The van der Waals surface area contributed by atoms with Gasteiger partial charge in [-0.15, -0.1) is 0 Å². The van der Waals surface area contributed by atoms with Crippen LogP contribution in [0.5, 0.6) is 0 Å². The fourth-order valence-electron chi connectivity index (χ4n) is 0.870. The van der Waals surface area contributed by atoms with Crippen molar-refractivity contribution in [2.75, 3.05) is 12.4 Å². The molecule has 0 saturated carbocycles. The monoisotopic (exact) mass is 168 g/mol. The molecule has 0 radical (unpaired) electrons. The van der Waals surface area contributed by atoms with Gasteiger partial charge in [0.05, 0.1) is 5.69 Å². The van der Waals surface area contributed by atoms with Gasteiger partial charge >= 0.3 is 0 Å². The van der Waals surface area contributed by atoms with Crippen molar-refractivity contribution in [3.63, 3.8) is 0 Å². The highest BCUT2D eigenvalue weighted by atomic mass is 19.1. The van der Waals surface area contributed by atoms with E-state index in [0.717, 1.165) is 0 Å². The number of anilines is 1. The van der Waals surface area contributed by atoms with E-state index in [4.69, 9.17) is 5.73 Å². The highest BCUT2D eigenvalue weighted by Crippen LogP contribution is 2.14. The Morgan fingerprint density at radius 2 is 2.25 bits per heavy atom. The number of halogens is 1. The average molecular weight is 168 g/mol. The van der Waals surface area contributed by atoms with Crippen molar-refractivity contribution in [2.45, 2.75) is 0 Å². The topological polar surface area (TPSA) is 55.1 Å². The number of hydrogen-bond acceptors (Lipinski definition) is 2. The van der Waals surface area contributed by atoms with Crippen LogP contribution >= 0.6 is 0 Å². The minimum atomic E-state index is -0.563. The van der Waals surface area contributed by atoms with Crippen molar-refractivity contribution in [3.05, 3.63) is 29.6 Å². The van der Waals surface area contributed by atoms with E-state index < -0.39 is 11.7 Å². The van der Waals surface area contributed by atoms with Gasteiger partial charge in [-0.3, -0.25) is 4.79 Å². The molecule has 0 saturated heterocycles. The van der Waals surface area contributed by atoms with Gasteiger partial charge in [0, 0.05) is 12.6 Å². The van der Waals surface area contributed by atoms with Crippen molar-refractivity contribution in [3.8, 4) is 0 Å². The lowest BCUT2D eigenvalue weighted by Gasteiger charge is -2.02. The lowest BCUT2D eigenvalue weighted by molar-refractivity contribution is 0.100. The molecule has 0 aromatic heterocycles. The van der Waals surface area contributed by atoms with Gasteiger partial charge < -0.3 is 11.1 Å². The molecule has 0 heterocycles. The molecule has 3 N–H and O–H groups in total. The number of hydrogen-bond donors (Lipinski definition) is 2. The summed E-state index contributed by atoms with van der Waals surface area (Å²) in [6.07, 6.45) is 0. The van der Waals surface area contributed by atoms with Gasteiger partial charge in [-0.2, -0.15) is 0 Å². The third kappa shape index (κ3) is 1.53. The van der Waals surface area contributed by atoms with Gasteiger partial charge in [-0.05, 0) is 18.2 Å². The predicted octanol–water partition coefficient (Wildman–Crippen LogP) is 0.966. The first-order valence-corrected chi connectivity index (χ1v) is 3.42. The standard InChI is InChI=1S/C8H9FN2O/c1-11-7-4-5(8(10)12)2-3-6(7)9/h2-4,11H,1H3,(H2,10,12). The fourth-order valence-corrected chi connectivity index (χ4v) is 0.870. The van der Waals surface area contributed by atoms with E-state index in [1.807, 2.05) is 0 Å². The van der Waals surface area contributed by atoms with E-state index in [2.05, 4.69) is 5.32 Å². The van der Waals surface area contributed by atoms with Crippen LogP contribution in [-0.4, -0.2) is 13.0 Å². The number of nitrogens with one attached hydrogen (secondary N) is 1. The number of benzene rings is 1. The molecular formula is C8H9FN2O. The van der Waals surface area contributed by atoms with E-state index >= 15 is 0 Å². The minimum Gasteiger partial charge on any atom is -0.386 e. The molecule has 0 bridgehead atoms. The molecule has 3 nitrogen and oxygen atoms in total. The molecule has 4 heteroatoms. The Balaban J connectivity index is 3.13. The molecule has 12 heavy (non-hydrogen) atoms. The van der Waals surface area contributed by atoms with E-state index in [-0.39, 0.29) is 5.69 Å². The second-order valence-corrected chi connectivity index (χ2v) is 2.31. The number of nitrogens with two attached hydrogens (primary N) is 1. The van der Waals surface area contributed by atoms with Gasteiger partial charge in [-0.25, -0.2) is 4.39 Å². The Morgan fingerprint density at radius 3 is 2.75 bits per heavy atom. The van der Waals surface area contributed by atoms with Crippen LogP contribution in [0, 0.1) is 5.82 Å². The SMILES string of the molecule is CNc1cc(C(N)=O)ccc1F. The first kappa shape index (κ1) is 8.52. The van der Waals surface area contributed by atoms with Crippen LogP contribution in [0.3, 0.4) is 0 Å². The predicted molar refractivity (Wildman–Crippen MR) is 44.5 cm³/mol. The summed E-state index contributed by atoms with van der Waals surface area (Å²) in [5.41, 5.74) is 5.56. The third-order valence-electron chi connectivity index (χ3n) is 1.52. The van der Waals surface area contributed by atoms with Crippen molar-refractivity contribution >= 4 is 11.6 Å². The lowest BCUT2D eigenvalue weighted by Crippen LogP contribution is -2.11. The second-order valence-electron chi connectivity index (χ2n) is 2.31. The average Bonchev–Trinajstić information content (AvgIpc) is 2.05. The molecule has 0 atom stereocenters. The third-order valence-corrected chi connectivity index (χ3v) is 1.52. The molecule has 0 spiro atoms. The van der Waals surface area contributed by atoms with Crippen molar-refractivity contribution < 1.29 is 9.18 Å². The van der Waals surface area contributed by atoms with Crippen LogP contribution < -0.4 is 11.1 Å². The summed E-state index contributed by atoms with van der Waals surface area (Å²) in [6.45, 7) is 0. The van der Waals surface area contributed by atoms with E-state index in [9.17, 15) is 9.18 Å². The fraction of sp³-hybridized carbons (Fsp3) is 0.125. The van der Waals surface area contributed by atoms with Crippen LogP contribution in [0.1, 0.15) is 10.4 Å². The first-order valence-electron chi connectivity index (χ1n) is 3.42. The van der Waals surface area contributed by atoms with E-state index in [1.165, 1.54) is 18.2 Å². The maximum Gasteiger partial charge on any atom is 0.248 e. The maximum absolute atomic E-state index is 12.8. The summed E-state index contributed by atoms with van der Waals surface area (Å²) in [4.78, 5) is 10.7. The number of primary amides is 1. The molecule has 1 amide bonds. The molecular weight excluding hydrogens is 159 g/mol. The summed E-state index contributed by atoms with van der Waals surface area (Å²) < 4.78 is 12.8. The number of rotatable bonds is 2. The zero-order valence-corrected chi connectivity index (χ0v) is 6.60. The zero-order valence-electron chi connectivity index (χ0n) is 6.60. The molecule has 64 valence electrons. The molecule has 1 aromatic rings. The Labute approximate surface area is 69.4 Å². The number of carbonyl (C=O) groups is 1. The smallest absolute Gasteiger partial charge is 0.248 e. The molecule has 0 aliphatic carbocycles. The van der Waals surface area contributed by atoms with Crippen LogP contribution in [0.25, 0.3) is 0 Å². The van der Waals surface area contributed by atoms with Gasteiger partial charge in [0.1, 0.15) is 5.82 Å². The largest absolute Gasteiger partial charge is 0.386 e. The Morgan fingerprint density at radius 1 is 1.58 bits per heavy atom. The van der Waals surface area contributed by atoms with Gasteiger partial charge in [0.15, 0.2) is 0 Å². The van der Waals surface area contributed by atoms with E-state index in [1.54, 1.807) is 7.05 Å². The van der Waals surface area contributed by atoms with Crippen molar-refractivity contribution in [1.82, 2.24) is 0 Å². The Kier molecular flexibility index (Phi) is 2.28. The maximum atomic E-state index is 12.8.